The lowest BCUT2D eigenvalue weighted by molar-refractivity contribution is 0.174. The van der Waals surface area contributed by atoms with Crippen LogP contribution in [0.1, 0.15) is 33.1 Å². The van der Waals surface area contributed by atoms with Crippen molar-refractivity contribution in [1.29, 1.82) is 0 Å². The Bertz CT molecular complexity index is 184. The Hall–Kier alpha value is -0.120. The second-order valence-corrected chi connectivity index (χ2v) is 5.25. The highest BCUT2D eigenvalue weighted by Gasteiger charge is 2.36. The van der Waals surface area contributed by atoms with Crippen LogP contribution in [-0.4, -0.2) is 41.8 Å². The molecule has 14 heavy (non-hydrogen) atoms. The maximum absolute atomic E-state index is 9.16. The lowest BCUT2D eigenvalue weighted by atomic mass is 10.0. The van der Waals surface area contributed by atoms with Gasteiger partial charge in [0.15, 0.2) is 0 Å². The van der Waals surface area contributed by atoms with Crippen molar-refractivity contribution in [2.24, 2.45) is 11.7 Å². The Morgan fingerprint density at radius 2 is 2.21 bits per heavy atom. The number of hydrogen-bond donors (Lipinski definition) is 2. The minimum atomic E-state index is -0.310. The molecule has 0 heterocycles. The van der Waals surface area contributed by atoms with E-state index in [4.69, 9.17) is 10.8 Å². The molecule has 0 saturated heterocycles. The first-order chi connectivity index (χ1) is 6.47. The van der Waals surface area contributed by atoms with Crippen molar-refractivity contribution in [2.45, 2.75) is 44.7 Å². The first-order valence-electron chi connectivity index (χ1n) is 5.57. The van der Waals surface area contributed by atoms with Crippen molar-refractivity contribution in [2.75, 3.05) is 20.2 Å². The molecule has 0 aromatic carbocycles. The third-order valence-corrected chi connectivity index (χ3v) is 3.21. The molecule has 0 aliphatic heterocycles. The van der Waals surface area contributed by atoms with Crippen LogP contribution in [-0.2, 0) is 0 Å². The van der Waals surface area contributed by atoms with Crippen molar-refractivity contribution in [3.05, 3.63) is 0 Å². The van der Waals surface area contributed by atoms with Crippen LogP contribution in [0, 0.1) is 5.92 Å². The van der Waals surface area contributed by atoms with Gasteiger partial charge in [0.1, 0.15) is 0 Å². The quantitative estimate of drug-likeness (QED) is 0.706. The summed E-state index contributed by atoms with van der Waals surface area (Å²) in [6, 6.07) is 0.564. The fraction of sp³-hybridized carbons (Fsp3) is 1.00. The van der Waals surface area contributed by atoms with Gasteiger partial charge in [-0.1, -0.05) is 13.8 Å². The molecule has 1 fully saturated rings. The van der Waals surface area contributed by atoms with E-state index in [2.05, 4.69) is 25.8 Å². The highest BCUT2D eigenvalue weighted by Crippen LogP contribution is 2.30. The Morgan fingerprint density at radius 3 is 2.64 bits per heavy atom. The van der Waals surface area contributed by atoms with Crippen LogP contribution in [0.3, 0.4) is 0 Å². The van der Waals surface area contributed by atoms with Gasteiger partial charge < -0.3 is 15.7 Å². The van der Waals surface area contributed by atoms with Crippen molar-refractivity contribution < 1.29 is 5.11 Å². The lowest BCUT2D eigenvalue weighted by Gasteiger charge is -2.28. The number of rotatable bonds is 4. The number of hydrogen-bond acceptors (Lipinski definition) is 3. The van der Waals surface area contributed by atoms with Crippen LogP contribution >= 0.6 is 0 Å². The maximum atomic E-state index is 9.16. The third-order valence-electron chi connectivity index (χ3n) is 3.21. The number of nitrogens with two attached hydrogens (primary N) is 1. The molecule has 2 atom stereocenters. The molecular formula is C11H24N2O. The minimum absolute atomic E-state index is 0.124. The van der Waals surface area contributed by atoms with Crippen LogP contribution < -0.4 is 5.73 Å². The number of nitrogens with zero attached hydrogens (tertiary/aromatic N) is 1. The van der Waals surface area contributed by atoms with Crippen LogP contribution in [0.4, 0.5) is 0 Å². The Kier molecular flexibility index (Phi) is 3.93. The maximum Gasteiger partial charge on any atom is 0.0611 e. The molecule has 0 bridgehead atoms. The van der Waals surface area contributed by atoms with Crippen LogP contribution in [0.5, 0.6) is 0 Å². The molecular weight excluding hydrogens is 176 g/mol. The van der Waals surface area contributed by atoms with E-state index in [-0.39, 0.29) is 12.1 Å². The summed E-state index contributed by atoms with van der Waals surface area (Å²) in [6.45, 7) is 5.70. The Morgan fingerprint density at radius 1 is 1.57 bits per heavy atom. The van der Waals surface area contributed by atoms with Gasteiger partial charge in [0.2, 0.25) is 0 Å². The van der Waals surface area contributed by atoms with Crippen LogP contribution in [0.15, 0.2) is 0 Å². The molecule has 0 amide bonds. The second-order valence-electron chi connectivity index (χ2n) is 5.25. The second kappa shape index (κ2) is 4.60. The fourth-order valence-corrected chi connectivity index (χ4v) is 2.37. The van der Waals surface area contributed by atoms with Gasteiger partial charge in [-0.25, -0.2) is 0 Å². The summed E-state index contributed by atoms with van der Waals surface area (Å²) in [5.74, 6) is 0.696. The molecule has 3 N–H and O–H groups in total. The number of aliphatic hydroxyl groups is 1. The fourth-order valence-electron chi connectivity index (χ4n) is 2.37. The smallest absolute Gasteiger partial charge is 0.0611 e. The van der Waals surface area contributed by atoms with E-state index in [0.717, 1.165) is 25.8 Å². The highest BCUT2D eigenvalue weighted by atomic mass is 16.3. The number of aliphatic hydroxyl groups excluding tert-OH is 1. The normalized spacial score (nSPS) is 33.2. The van der Waals surface area contributed by atoms with E-state index < -0.39 is 0 Å². The third kappa shape index (κ3) is 2.94. The molecule has 3 nitrogen and oxygen atoms in total. The summed E-state index contributed by atoms with van der Waals surface area (Å²) in [5.41, 5.74) is 5.73. The zero-order valence-electron chi connectivity index (χ0n) is 9.66. The Balaban J connectivity index is 2.41. The predicted molar refractivity (Wildman–Crippen MR) is 59.1 cm³/mol. The average molecular weight is 200 g/mol. The van der Waals surface area contributed by atoms with Crippen molar-refractivity contribution in [3.8, 4) is 0 Å². The highest BCUT2D eigenvalue weighted by molar-refractivity contribution is 4.96. The predicted octanol–water partition coefficient (Wildman–Crippen LogP) is 0.817. The molecule has 3 heteroatoms. The van der Waals surface area contributed by atoms with E-state index in [1.807, 2.05) is 0 Å². The summed E-state index contributed by atoms with van der Waals surface area (Å²) in [7, 11) is 2.16. The molecule has 0 radical (unpaired) electrons. The molecule has 84 valence electrons. The van der Waals surface area contributed by atoms with E-state index in [1.54, 1.807) is 0 Å². The van der Waals surface area contributed by atoms with Gasteiger partial charge in [0.05, 0.1) is 6.61 Å². The molecule has 0 aromatic rings. The molecule has 0 aromatic heterocycles. The van der Waals surface area contributed by atoms with E-state index in [0.29, 0.717) is 12.0 Å². The molecule has 1 rings (SSSR count). The van der Waals surface area contributed by atoms with Crippen molar-refractivity contribution in [1.82, 2.24) is 4.90 Å². The van der Waals surface area contributed by atoms with Gasteiger partial charge in [0.25, 0.3) is 0 Å². The van der Waals surface area contributed by atoms with E-state index in [1.165, 1.54) is 0 Å². The van der Waals surface area contributed by atoms with Gasteiger partial charge in [0, 0.05) is 18.1 Å². The van der Waals surface area contributed by atoms with Crippen molar-refractivity contribution >= 4 is 0 Å². The summed E-state index contributed by atoms with van der Waals surface area (Å²) in [4.78, 5) is 2.38. The average Bonchev–Trinajstić information content (AvgIpc) is 2.48. The monoisotopic (exact) mass is 200 g/mol. The zero-order chi connectivity index (χ0) is 10.8. The van der Waals surface area contributed by atoms with Crippen molar-refractivity contribution in [3.63, 3.8) is 0 Å². The van der Waals surface area contributed by atoms with Gasteiger partial charge in [-0.3, -0.25) is 0 Å². The summed E-state index contributed by atoms with van der Waals surface area (Å²) in [6.07, 6.45) is 3.02. The first kappa shape index (κ1) is 12.0. The van der Waals surface area contributed by atoms with Crippen LogP contribution in [0.2, 0.25) is 0 Å². The summed E-state index contributed by atoms with van der Waals surface area (Å²) < 4.78 is 0. The molecule has 1 saturated carbocycles. The molecule has 1 aliphatic rings. The first-order valence-corrected chi connectivity index (χ1v) is 5.57. The Labute approximate surface area is 87.3 Å². The largest absolute Gasteiger partial charge is 0.394 e. The SMILES string of the molecule is CC(C)CN(C)C1CCC(N)(CO)C1. The van der Waals surface area contributed by atoms with E-state index in [9.17, 15) is 0 Å². The molecule has 0 spiro atoms. The van der Waals surface area contributed by atoms with E-state index >= 15 is 0 Å². The van der Waals surface area contributed by atoms with Gasteiger partial charge in [-0.15, -0.1) is 0 Å². The zero-order valence-corrected chi connectivity index (χ0v) is 9.66. The van der Waals surface area contributed by atoms with Gasteiger partial charge in [-0.2, -0.15) is 0 Å². The minimum Gasteiger partial charge on any atom is -0.394 e. The van der Waals surface area contributed by atoms with Gasteiger partial charge >= 0.3 is 0 Å². The molecule has 2 unspecified atom stereocenters. The summed E-state index contributed by atoms with van der Waals surface area (Å²) >= 11 is 0. The molecule has 1 aliphatic carbocycles. The lowest BCUT2D eigenvalue weighted by Crippen LogP contribution is -2.43. The topological polar surface area (TPSA) is 49.5 Å². The van der Waals surface area contributed by atoms with Gasteiger partial charge in [-0.05, 0) is 32.2 Å². The standard InChI is InChI=1S/C11H24N2O/c1-9(2)7-13(3)10-4-5-11(12,6-10)8-14/h9-10,14H,4-8,12H2,1-3H3. The summed E-state index contributed by atoms with van der Waals surface area (Å²) in [5, 5.41) is 9.16. The van der Waals surface area contributed by atoms with Crippen LogP contribution in [0.25, 0.3) is 0 Å².